The van der Waals surface area contributed by atoms with Crippen molar-refractivity contribution in [3.05, 3.63) is 29.6 Å². The van der Waals surface area contributed by atoms with Gasteiger partial charge in [-0.3, -0.25) is 4.79 Å². The van der Waals surface area contributed by atoms with E-state index >= 15 is 0 Å². The van der Waals surface area contributed by atoms with Gasteiger partial charge in [0.25, 0.3) is 0 Å². The zero-order valence-electron chi connectivity index (χ0n) is 11.3. The van der Waals surface area contributed by atoms with Gasteiger partial charge in [-0.25, -0.2) is 4.39 Å². The van der Waals surface area contributed by atoms with Gasteiger partial charge in [-0.2, -0.15) is 0 Å². The van der Waals surface area contributed by atoms with Gasteiger partial charge in [0.2, 0.25) is 5.91 Å². The SMILES string of the molecule is CCCC(=O)Nc1ccc(F)c(C2CCNCC2)c1. The lowest BCUT2D eigenvalue weighted by molar-refractivity contribution is -0.116. The Bertz CT molecular complexity index is 442. The highest BCUT2D eigenvalue weighted by Gasteiger charge is 2.19. The first-order valence-electron chi connectivity index (χ1n) is 7.00. The van der Waals surface area contributed by atoms with Crippen molar-refractivity contribution in [2.75, 3.05) is 18.4 Å². The molecule has 1 amide bonds. The van der Waals surface area contributed by atoms with Crippen LogP contribution in [-0.4, -0.2) is 19.0 Å². The molecule has 1 aromatic carbocycles. The van der Waals surface area contributed by atoms with Crippen LogP contribution in [0.4, 0.5) is 10.1 Å². The monoisotopic (exact) mass is 264 g/mol. The van der Waals surface area contributed by atoms with Gasteiger partial charge >= 0.3 is 0 Å². The molecule has 0 unspecified atom stereocenters. The fraction of sp³-hybridized carbons (Fsp3) is 0.533. The number of rotatable bonds is 4. The fourth-order valence-electron chi connectivity index (χ4n) is 2.52. The number of anilines is 1. The van der Waals surface area contributed by atoms with Crippen LogP contribution in [0.15, 0.2) is 18.2 Å². The Balaban J connectivity index is 2.12. The molecular weight excluding hydrogens is 243 g/mol. The third-order valence-corrected chi connectivity index (χ3v) is 3.54. The highest BCUT2D eigenvalue weighted by atomic mass is 19.1. The van der Waals surface area contributed by atoms with E-state index in [9.17, 15) is 9.18 Å². The average Bonchev–Trinajstić information content (AvgIpc) is 2.42. The van der Waals surface area contributed by atoms with Crippen molar-refractivity contribution in [2.45, 2.75) is 38.5 Å². The van der Waals surface area contributed by atoms with Gasteiger partial charge in [-0.1, -0.05) is 6.92 Å². The molecule has 4 heteroatoms. The zero-order valence-corrected chi connectivity index (χ0v) is 11.3. The van der Waals surface area contributed by atoms with Crippen LogP contribution in [0.3, 0.4) is 0 Å². The van der Waals surface area contributed by atoms with Gasteiger partial charge < -0.3 is 10.6 Å². The summed E-state index contributed by atoms with van der Waals surface area (Å²) in [5.74, 6) is 0.0787. The molecule has 1 fully saturated rings. The summed E-state index contributed by atoms with van der Waals surface area (Å²) in [6.45, 7) is 3.82. The minimum absolute atomic E-state index is 0.00892. The number of piperidine rings is 1. The molecule has 1 aromatic rings. The highest BCUT2D eigenvalue weighted by Crippen LogP contribution is 2.29. The number of amides is 1. The van der Waals surface area contributed by atoms with E-state index in [0.29, 0.717) is 12.1 Å². The predicted molar refractivity (Wildman–Crippen MR) is 74.8 cm³/mol. The van der Waals surface area contributed by atoms with E-state index < -0.39 is 0 Å². The van der Waals surface area contributed by atoms with Crippen LogP contribution in [0.5, 0.6) is 0 Å². The van der Waals surface area contributed by atoms with Crippen LogP contribution < -0.4 is 10.6 Å². The van der Waals surface area contributed by atoms with Crippen molar-refractivity contribution in [1.82, 2.24) is 5.32 Å². The molecule has 0 spiro atoms. The Labute approximate surface area is 113 Å². The average molecular weight is 264 g/mol. The zero-order chi connectivity index (χ0) is 13.7. The second kappa shape index (κ2) is 6.66. The van der Waals surface area contributed by atoms with Crippen molar-refractivity contribution < 1.29 is 9.18 Å². The number of halogens is 1. The summed E-state index contributed by atoms with van der Waals surface area (Å²) in [5.41, 5.74) is 1.43. The van der Waals surface area contributed by atoms with E-state index in [0.717, 1.165) is 37.9 Å². The van der Waals surface area contributed by atoms with E-state index in [1.807, 2.05) is 6.92 Å². The Morgan fingerprint density at radius 1 is 1.42 bits per heavy atom. The second-order valence-electron chi connectivity index (χ2n) is 5.06. The van der Waals surface area contributed by atoms with Gasteiger partial charge in [-0.15, -0.1) is 0 Å². The van der Waals surface area contributed by atoms with Crippen molar-refractivity contribution in [1.29, 1.82) is 0 Å². The molecule has 0 radical (unpaired) electrons. The first-order chi connectivity index (χ1) is 9.20. The molecule has 3 nitrogen and oxygen atoms in total. The van der Waals surface area contributed by atoms with Crippen LogP contribution in [0.25, 0.3) is 0 Å². The Kier molecular flexibility index (Phi) is 4.91. The summed E-state index contributed by atoms with van der Waals surface area (Å²) < 4.78 is 13.9. The molecule has 2 N–H and O–H groups in total. The Hall–Kier alpha value is -1.42. The lowest BCUT2D eigenvalue weighted by Gasteiger charge is -2.23. The first kappa shape index (κ1) is 14.0. The lowest BCUT2D eigenvalue weighted by atomic mass is 9.89. The molecule has 0 saturated carbocycles. The van der Waals surface area contributed by atoms with Crippen molar-refractivity contribution in [3.8, 4) is 0 Å². The van der Waals surface area contributed by atoms with Crippen LogP contribution in [-0.2, 0) is 4.79 Å². The molecule has 0 bridgehead atoms. The summed E-state index contributed by atoms with van der Waals surface area (Å²) in [4.78, 5) is 11.6. The molecule has 0 aliphatic carbocycles. The molecule has 19 heavy (non-hydrogen) atoms. The van der Waals surface area contributed by atoms with Gasteiger partial charge in [0.1, 0.15) is 5.82 Å². The van der Waals surface area contributed by atoms with Gasteiger partial charge in [0.05, 0.1) is 0 Å². The van der Waals surface area contributed by atoms with E-state index in [4.69, 9.17) is 0 Å². The molecule has 1 aliphatic heterocycles. The minimum atomic E-state index is -0.166. The van der Waals surface area contributed by atoms with E-state index in [1.54, 1.807) is 12.1 Å². The third-order valence-electron chi connectivity index (χ3n) is 3.54. The van der Waals surface area contributed by atoms with E-state index in [-0.39, 0.29) is 17.6 Å². The summed E-state index contributed by atoms with van der Waals surface area (Å²) in [7, 11) is 0. The highest BCUT2D eigenvalue weighted by molar-refractivity contribution is 5.90. The fourth-order valence-corrected chi connectivity index (χ4v) is 2.52. The number of benzene rings is 1. The summed E-state index contributed by atoms with van der Waals surface area (Å²) in [5, 5.41) is 6.10. The maximum atomic E-state index is 13.9. The quantitative estimate of drug-likeness (QED) is 0.877. The standard InChI is InChI=1S/C15H21FN2O/c1-2-3-15(19)18-12-4-5-14(16)13(10-12)11-6-8-17-9-7-11/h4-5,10-11,17H,2-3,6-9H2,1H3,(H,18,19). The number of nitrogens with one attached hydrogen (secondary N) is 2. The number of carbonyl (C=O) groups excluding carboxylic acids is 1. The van der Waals surface area contributed by atoms with Crippen molar-refractivity contribution in [3.63, 3.8) is 0 Å². The van der Waals surface area contributed by atoms with Crippen LogP contribution in [0.2, 0.25) is 0 Å². The topological polar surface area (TPSA) is 41.1 Å². The molecule has 104 valence electrons. The summed E-state index contributed by atoms with van der Waals surface area (Å²) in [6, 6.07) is 4.88. The molecule has 0 aromatic heterocycles. The maximum absolute atomic E-state index is 13.9. The molecule has 2 rings (SSSR count). The minimum Gasteiger partial charge on any atom is -0.326 e. The Morgan fingerprint density at radius 3 is 2.84 bits per heavy atom. The maximum Gasteiger partial charge on any atom is 0.224 e. The van der Waals surface area contributed by atoms with Gasteiger partial charge in [0.15, 0.2) is 0 Å². The molecular formula is C15H21FN2O. The summed E-state index contributed by atoms with van der Waals surface area (Å²) >= 11 is 0. The largest absolute Gasteiger partial charge is 0.326 e. The van der Waals surface area contributed by atoms with Crippen LogP contribution in [0.1, 0.15) is 44.1 Å². The number of hydrogen-bond acceptors (Lipinski definition) is 2. The molecule has 1 heterocycles. The molecule has 1 aliphatic rings. The third kappa shape index (κ3) is 3.77. The van der Waals surface area contributed by atoms with E-state index in [2.05, 4.69) is 10.6 Å². The number of hydrogen-bond donors (Lipinski definition) is 2. The van der Waals surface area contributed by atoms with Crippen molar-refractivity contribution in [2.24, 2.45) is 0 Å². The van der Waals surface area contributed by atoms with Gasteiger partial charge in [-0.05, 0) is 62.0 Å². The van der Waals surface area contributed by atoms with Crippen LogP contribution in [0, 0.1) is 5.82 Å². The van der Waals surface area contributed by atoms with Crippen molar-refractivity contribution >= 4 is 11.6 Å². The smallest absolute Gasteiger partial charge is 0.224 e. The number of carbonyl (C=O) groups is 1. The lowest BCUT2D eigenvalue weighted by Crippen LogP contribution is -2.27. The van der Waals surface area contributed by atoms with Crippen LogP contribution >= 0.6 is 0 Å². The second-order valence-corrected chi connectivity index (χ2v) is 5.06. The van der Waals surface area contributed by atoms with Gasteiger partial charge in [0, 0.05) is 12.1 Å². The summed E-state index contributed by atoms with van der Waals surface area (Å²) in [6.07, 6.45) is 3.21. The predicted octanol–water partition coefficient (Wildman–Crippen LogP) is 3.03. The normalized spacial score (nSPS) is 16.3. The Morgan fingerprint density at radius 2 is 2.16 bits per heavy atom. The first-order valence-corrected chi connectivity index (χ1v) is 7.00. The molecule has 0 atom stereocenters. The van der Waals surface area contributed by atoms with E-state index in [1.165, 1.54) is 6.07 Å². The molecule has 1 saturated heterocycles.